The summed E-state index contributed by atoms with van der Waals surface area (Å²) in [5, 5.41) is 1.19. The van der Waals surface area contributed by atoms with Crippen LogP contribution < -0.4 is 10.6 Å². The van der Waals surface area contributed by atoms with Gasteiger partial charge in [-0.05, 0) is 31.6 Å². The molecule has 0 saturated carbocycles. The van der Waals surface area contributed by atoms with Gasteiger partial charge in [0.25, 0.3) is 0 Å². The molecule has 96 valence electrons. The van der Waals surface area contributed by atoms with Crippen LogP contribution in [0.15, 0.2) is 0 Å². The van der Waals surface area contributed by atoms with E-state index in [9.17, 15) is 0 Å². The van der Waals surface area contributed by atoms with E-state index in [4.69, 9.17) is 10.7 Å². The Hall–Kier alpha value is -0.610. The van der Waals surface area contributed by atoms with Crippen molar-refractivity contribution in [2.24, 2.45) is 11.7 Å². The van der Waals surface area contributed by atoms with Gasteiger partial charge in [0.2, 0.25) is 0 Å². The molecule has 2 N–H and O–H groups in total. The summed E-state index contributed by atoms with van der Waals surface area (Å²) >= 11 is 1.79. The van der Waals surface area contributed by atoms with Crippen LogP contribution in [0, 0.1) is 5.92 Å². The number of hydrogen-bond acceptors (Lipinski definition) is 4. The zero-order valence-corrected chi connectivity index (χ0v) is 11.7. The predicted molar refractivity (Wildman–Crippen MR) is 74.6 cm³/mol. The molecule has 1 aliphatic rings. The van der Waals surface area contributed by atoms with E-state index in [-0.39, 0.29) is 0 Å². The van der Waals surface area contributed by atoms with E-state index in [1.807, 2.05) is 0 Å². The van der Waals surface area contributed by atoms with Crippen molar-refractivity contribution in [3.63, 3.8) is 0 Å². The molecule has 0 bridgehead atoms. The van der Waals surface area contributed by atoms with Gasteiger partial charge in [0, 0.05) is 24.5 Å². The van der Waals surface area contributed by atoms with Crippen LogP contribution in [0.25, 0.3) is 0 Å². The summed E-state index contributed by atoms with van der Waals surface area (Å²) < 4.78 is 0. The summed E-state index contributed by atoms with van der Waals surface area (Å²) in [7, 11) is 0. The average molecular weight is 253 g/mol. The van der Waals surface area contributed by atoms with Crippen molar-refractivity contribution in [1.29, 1.82) is 0 Å². The number of aromatic nitrogens is 1. The van der Waals surface area contributed by atoms with Gasteiger partial charge in [0.1, 0.15) is 0 Å². The molecule has 2 rings (SSSR count). The van der Waals surface area contributed by atoms with Crippen molar-refractivity contribution in [3.8, 4) is 0 Å². The summed E-state index contributed by atoms with van der Waals surface area (Å²) in [6.45, 7) is 7.45. The summed E-state index contributed by atoms with van der Waals surface area (Å²) in [6, 6.07) is 0. The fraction of sp³-hybridized carbons (Fsp3) is 0.769. The van der Waals surface area contributed by atoms with Crippen molar-refractivity contribution >= 4 is 16.5 Å². The third-order valence-corrected chi connectivity index (χ3v) is 4.76. The van der Waals surface area contributed by atoms with Gasteiger partial charge < -0.3 is 10.6 Å². The number of rotatable bonds is 3. The minimum Gasteiger partial charge on any atom is -0.348 e. The lowest BCUT2D eigenvalue weighted by Gasteiger charge is -2.18. The number of nitrogens with two attached hydrogens (primary N) is 1. The highest BCUT2D eigenvalue weighted by atomic mass is 32.1. The number of nitrogens with zero attached hydrogens (tertiary/aromatic N) is 2. The SMILES string of the molecule is CCc1nc(N2CCCC(C)CC2)sc1CN. The lowest BCUT2D eigenvalue weighted by atomic mass is 10.0. The minimum absolute atomic E-state index is 0.630. The molecule has 0 spiro atoms. The van der Waals surface area contributed by atoms with E-state index < -0.39 is 0 Å². The van der Waals surface area contributed by atoms with Crippen LogP contribution in [0.1, 0.15) is 43.7 Å². The molecule has 0 aromatic carbocycles. The Morgan fingerprint density at radius 2 is 2.24 bits per heavy atom. The Balaban J connectivity index is 2.12. The van der Waals surface area contributed by atoms with Crippen LogP contribution in [-0.2, 0) is 13.0 Å². The Morgan fingerprint density at radius 3 is 2.88 bits per heavy atom. The van der Waals surface area contributed by atoms with Gasteiger partial charge >= 0.3 is 0 Å². The van der Waals surface area contributed by atoms with Gasteiger partial charge in [-0.1, -0.05) is 13.8 Å². The molecule has 17 heavy (non-hydrogen) atoms. The standard InChI is InChI=1S/C13H23N3S/c1-3-11-12(9-14)17-13(15-11)16-7-4-5-10(2)6-8-16/h10H,3-9,14H2,1-2H3. The van der Waals surface area contributed by atoms with Crippen LogP contribution >= 0.6 is 11.3 Å². The van der Waals surface area contributed by atoms with Crippen LogP contribution in [0.2, 0.25) is 0 Å². The first-order valence-corrected chi connectivity index (χ1v) is 7.49. The maximum Gasteiger partial charge on any atom is 0.185 e. The summed E-state index contributed by atoms with van der Waals surface area (Å²) in [6.07, 6.45) is 4.93. The maximum atomic E-state index is 5.77. The van der Waals surface area contributed by atoms with Gasteiger partial charge in [-0.25, -0.2) is 4.98 Å². The van der Waals surface area contributed by atoms with Crippen LogP contribution in [-0.4, -0.2) is 18.1 Å². The first-order chi connectivity index (χ1) is 8.24. The van der Waals surface area contributed by atoms with E-state index in [0.29, 0.717) is 6.54 Å². The molecule has 3 nitrogen and oxygen atoms in total. The largest absolute Gasteiger partial charge is 0.348 e. The highest BCUT2D eigenvalue weighted by Crippen LogP contribution is 2.29. The van der Waals surface area contributed by atoms with Crippen molar-refractivity contribution < 1.29 is 0 Å². The molecular formula is C13H23N3S. The third kappa shape index (κ3) is 2.99. The van der Waals surface area contributed by atoms with Crippen molar-refractivity contribution in [2.45, 2.75) is 46.1 Å². The van der Waals surface area contributed by atoms with Gasteiger partial charge in [0.15, 0.2) is 5.13 Å². The quantitative estimate of drug-likeness (QED) is 0.900. The number of thiazole rings is 1. The lowest BCUT2D eigenvalue weighted by Crippen LogP contribution is -2.23. The van der Waals surface area contributed by atoms with Gasteiger partial charge in [0.05, 0.1) is 5.69 Å². The Morgan fingerprint density at radius 1 is 1.41 bits per heavy atom. The van der Waals surface area contributed by atoms with Crippen LogP contribution in [0.3, 0.4) is 0 Å². The molecule has 2 heterocycles. The topological polar surface area (TPSA) is 42.2 Å². The predicted octanol–water partition coefficient (Wildman–Crippen LogP) is 2.79. The third-order valence-electron chi connectivity index (χ3n) is 3.57. The number of anilines is 1. The van der Waals surface area contributed by atoms with Gasteiger partial charge in [-0.15, -0.1) is 11.3 Å². The average Bonchev–Trinajstić information content (AvgIpc) is 2.64. The molecule has 1 unspecified atom stereocenters. The molecule has 1 aliphatic heterocycles. The summed E-state index contributed by atoms with van der Waals surface area (Å²) in [5.74, 6) is 0.861. The van der Waals surface area contributed by atoms with Crippen LogP contribution in [0.5, 0.6) is 0 Å². The maximum absolute atomic E-state index is 5.77. The lowest BCUT2D eigenvalue weighted by molar-refractivity contribution is 0.521. The summed E-state index contributed by atoms with van der Waals surface area (Å²) in [4.78, 5) is 8.47. The zero-order valence-electron chi connectivity index (χ0n) is 10.9. The zero-order chi connectivity index (χ0) is 12.3. The van der Waals surface area contributed by atoms with Gasteiger partial charge in [-0.3, -0.25) is 0 Å². The number of aryl methyl sites for hydroxylation is 1. The fourth-order valence-electron chi connectivity index (χ4n) is 2.39. The molecule has 1 aromatic heterocycles. The van der Waals surface area contributed by atoms with E-state index in [1.165, 1.54) is 35.0 Å². The van der Waals surface area contributed by atoms with E-state index in [2.05, 4.69) is 18.7 Å². The molecule has 1 fully saturated rings. The first kappa shape index (κ1) is 12.8. The van der Waals surface area contributed by atoms with E-state index in [0.717, 1.165) is 25.4 Å². The molecule has 1 aromatic rings. The number of hydrogen-bond donors (Lipinski definition) is 1. The second-order valence-electron chi connectivity index (χ2n) is 4.95. The first-order valence-electron chi connectivity index (χ1n) is 6.68. The molecule has 0 radical (unpaired) electrons. The Labute approximate surface area is 108 Å². The molecule has 0 amide bonds. The highest BCUT2D eigenvalue weighted by Gasteiger charge is 2.18. The smallest absolute Gasteiger partial charge is 0.185 e. The fourth-order valence-corrected chi connectivity index (χ4v) is 3.47. The van der Waals surface area contributed by atoms with Crippen molar-refractivity contribution in [1.82, 2.24) is 4.98 Å². The second kappa shape index (κ2) is 5.83. The van der Waals surface area contributed by atoms with Gasteiger partial charge in [-0.2, -0.15) is 0 Å². The summed E-state index contributed by atoms with van der Waals surface area (Å²) in [5.41, 5.74) is 6.97. The highest BCUT2D eigenvalue weighted by molar-refractivity contribution is 7.15. The van der Waals surface area contributed by atoms with E-state index >= 15 is 0 Å². The molecule has 1 saturated heterocycles. The van der Waals surface area contributed by atoms with Crippen LogP contribution in [0.4, 0.5) is 5.13 Å². The monoisotopic (exact) mass is 253 g/mol. The Bertz CT molecular complexity index is 340. The molecular weight excluding hydrogens is 230 g/mol. The molecule has 1 atom stereocenters. The van der Waals surface area contributed by atoms with Crippen molar-refractivity contribution in [3.05, 3.63) is 10.6 Å². The van der Waals surface area contributed by atoms with Crippen molar-refractivity contribution in [2.75, 3.05) is 18.0 Å². The normalized spacial score (nSPS) is 21.6. The molecule has 4 heteroatoms. The second-order valence-corrected chi connectivity index (χ2v) is 6.01. The Kier molecular flexibility index (Phi) is 4.40. The van der Waals surface area contributed by atoms with E-state index in [1.54, 1.807) is 11.3 Å². The minimum atomic E-state index is 0.630. The molecule has 0 aliphatic carbocycles.